The van der Waals surface area contributed by atoms with Crippen LogP contribution in [0.25, 0.3) is 6.08 Å². The molecule has 0 N–H and O–H groups in total. The van der Waals surface area contributed by atoms with Gasteiger partial charge in [-0.15, -0.1) is 0 Å². The molecule has 0 nitrogen and oxygen atoms in total. The summed E-state index contributed by atoms with van der Waals surface area (Å²) in [6.07, 6.45) is 12.3. The van der Waals surface area contributed by atoms with E-state index in [1.165, 1.54) is 16.7 Å². The first-order valence-corrected chi connectivity index (χ1v) is 12.8. The van der Waals surface area contributed by atoms with Crippen LogP contribution in [0.3, 0.4) is 0 Å². The van der Waals surface area contributed by atoms with Crippen LogP contribution in [0.1, 0.15) is 63.8 Å². The Balaban J connectivity index is 0.00000243. The van der Waals surface area contributed by atoms with Gasteiger partial charge < -0.3 is 24.8 Å². The van der Waals surface area contributed by atoms with Crippen molar-refractivity contribution >= 4 is 14.1 Å². The van der Waals surface area contributed by atoms with Gasteiger partial charge in [0.05, 0.1) is 8.07 Å². The maximum absolute atomic E-state index is 2.57. The largest absolute Gasteiger partial charge is 2.00 e. The zero-order chi connectivity index (χ0) is 18.6. The molecule has 0 aliphatic heterocycles. The van der Waals surface area contributed by atoms with Crippen molar-refractivity contribution < 1.29 is 51.0 Å². The van der Waals surface area contributed by atoms with Crippen LogP contribution in [0.15, 0.2) is 48.1 Å². The number of hydrogen-bond donors (Lipinski definition) is 0. The van der Waals surface area contributed by atoms with Crippen LogP contribution in [-0.4, -0.2) is 8.07 Å². The molecular formula is C24H34Cl2SiZr. The summed E-state index contributed by atoms with van der Waals surface area (Å²) in [5.74, 6) is 0. The second kappa shape index (κ2) is 9.51. The van der Waals surface area contributed by atoms with Gasteiger partial charge in [-0.3, -0.25) is 0 Å². The molecule has 0 fully saturated rings. The Labute approximate surface area is 205 Å². The van der Waals surface area contributed by atoms with E-state index < -0.39 is 8.07 Å². The Morgan fingerprint density at radius 2 is 1.43 bits per heavy atom. The number of allylic oxidation sites excluding steroid dienone is 5. The Kier molecular flexibility index (Phi) is 9.55. The molecule has 1 aromatic rings. The Bertz CT molecular complexity index is 777. The van der Waals surface area contributed by atoms with Gasteiger partial charge in [-0.05, 0) is 44.2 Å². The van der Waals surface area contributed by atoms with E-state index in [0.717, 1.165) is 0 Å². The molecule has 0 radical (unpaired) electrons. The minimum absolute atomic E-state index is 0. The quantitative estimate of drug-likeness (QED) is 0.524. The molecule has 0 amide bonds. The summed E-state index contributed by atoms with van der Waals surface area (Å²) in [7, 11) is -1.54. The Hall–Kier alpha value is 0.120. The van der Waals surface area contributed by atoms with Gasteiger partial charge in [-0.1, -0.05) is 103 Å². The van der Waals surface area contributed by atoms with E-state index in [4.69, 9.17) is 0 Å². The van der Waals surface area contributed by atoms with Gasteiger partial charge in [-0.2, -0.15) is 0 Å². The van der Waals surface area contributed by atoms with Gasteiger partial charge in [0.25, 0.3) is 0 Å². The number of fused-ring (bicyclic) bond motifs is 1. The van der Waals surface area contributed by atoms with E-state index >= 15 is 0 Å². The summed E-state index contributed by atoms with van der Waals surface area (Å²) in [6.45, 7) is 19.1. The van der Waals surface area contributed by atoms with Crippen molar-refractivity contribution in [1.29, 1.82) is 0 Å². The second-order valence-electron chi connectivity index (χ2n) is 10.5. The average Bonchev–Trinajstić information content (AvgIpc) is 3.12. The number of benzene rings is 1. The van der Waals surface area contributed by atoms with E-state index in [9.17, 15) is 0 Å². The summed E-state index contributed by atoms with van der Waals surface area (Å²) >= 11 is 0. The zero-order valence-electron chi connectivity index (χ0n) is 18.5. The van der Waals surface area contributed by atoms with Gasteiger partial charge >= 0.3 is 26.2 Å². The fourth-order valence-electron chi connectivity index (χ4n) is 4.32. The molecule has 152 valence electrons. The van der Waals surface area contributed by atoms with Crippen molar-refractivity contribution in [3.05, 3.63) is 64.8 Å². The van der Waals surface area contributed by atoms with E-state index in [0.29, 0.717) is 11.1 Å². The maximum Gasteiger partial charge on any atom is 2.00 e. The summed E-state index contributed by atoms with van der Waals surface area (Å²) in [5, 5.41) is 0. The van der Waals surface area contributed by atoms with Gasteiger partial charge in [-0.25, -0.2) is 0 Å². The van der Waals surface area contributed by atoms with Crippen LogP contribution in [0.4, 0.5) is 0 Å². The first-order chi connectivity index (χ1) is 11.4. The summed E-state index contributed by atoms with van der Waals surface area (Å²) < 4.78 is 0. The van der Waals surface area contributed by atoms with Crippen molar-refractivity contribution in [3.63, 3.8) is 0 Å². The van der Waals surface area contributed by atoms with Crippen molar-refractivity contribution in [2.75, 3.05) is 0 Å². The molecule has 0 aromatic heterocycles. The minimum atomic E-state index is -1.54. The van der Waals surface area contributed by atoms with E-state index in [2.05, 4.69) is 103 Å². The second-order valence-corrected chi connectivity index (χ2v) is 15.4. The summed E-state index contributed by atoms with van der Waals surface area (Å²) in [4.78, 5) is 0. The molecule has 0 saturated heterocycles. The molecule has 0 bridgehead atoms. The third-order valence-electron chi connectivity index (χ3n) is 6.11. The van der Waals surface area contributed by atoms with Crippen molar-refractivity contribution in [2.45, 2.75) is 71.1 Å². The van der Waals surface area contributed by atoms with Crippen molar-refractivity contribution in [1.82, 2.24) is 0 Å². The van der Waals surface area contributed by atoms with Crippen LogP contribution in [0.2, 0.25) is 18.6 Å². The zero-order valence-corrected chi connectivity index (χ0v) is 23.5. The van der Waals surface area contributed by atoms with Crippen LogP contribution >= 0.6 is 0 Å². The topological polar surface area (TPSA) is 0 Å². The predicted molar refractivity (Wildman–Crippen MR) is 115 cm³/mol. The predicted octanol–water partition coefficient (Wildman–Crippen LogP) is 1.26. The van der Waals surface area contributed by atoms with Crippen LogP contribution in [0.5, 0.6) is 0 Å². The number of rotatable bonds is 2. The Morgan fingerprint density at radius 1 is 0.821 bits per heavy atom. The van der Waals surface area contributed by atoms with E-state index in [1.54, 1.807) is 5.56 Å². The molecule has 28 heavy (non-hydrogen) atoms. The first kappa shape index (κ1) is 28.1. The Morgan fingerprint density at radius 3 is 1.93 bits per heavy atom. The molecule has 2 unspecified atom stereocenters. The van der Waals surface area contributed by atoms with Crippen LogP contribution in [0, 0.1) is 5.41 Å². The van der Waals surface area contributed by atoms with Gasteiger partial charge in [0.2, 0.25) is 0 Å². The molecule has 2 aliphatic rings. The molecule has 3 rings (SSSR count). The monoisotopic (exact) mass is 510 g/mol. The molecule has 4 heteroatoms. The first-order valence-electron chi connectivity index (χ1n) is 9.64. The van der Waals surface area contributed by atoms with Crippen LogP contribution in [-0.2, 0) is 31.6 Å². The van der Waals surface area contributed by atoms with Gasteiger partial charge in [0.1, 0.15) is 0 Å². The average molecular weight is 513 g/mol. The van der Waals surface area contributed by atoms with Crippen molar-refractivity contribution in [2.24, 2.45) is 5.41 Å². The third-order valence-corrected chi connectivity index (χ3v) is 10.3. The standard InChI is InChI=1S/C24H34Si.2ClH.Zr/c1-23(2,3)17-12-13-18(16-17)25(7,8)22-15-14-19-20(22)10-9-11-21(19)24(4,5)6;;;/h9-16,18,22H,1-8H3;2*1H;/q;;;+2/p-2. The van der Waals surface area contributed by atoms with E-state index in [1.807, 2.05) is 0 Å². The van der Waals surface area contributed by atoms with Crippen LogP contribution < -0.4 is 24.8 Å². The molecular weight excluding hydrogens is 478 g/mol. The van der Waals surface area contributed by atoms with E-state index in [-0.39, 0.29) is 61.8 Å². The van der Waals surface area contributed by atoms with Gasteiger partial charge in [0, 0.05) is 0 Å². The molecule has 0 saturated carbocycles. The molecule has 2 atom stereocenters. The molecule has 2 aliphatic carbocycles. The molecule has 0 spiro atoms. The number of halogens is 2. The SMILES string of the molecule is CC(C)(C)C1=CC([Si](C)(C)C2C=Cc3c2cccc3C(C)(C)C)C=C1.[Cl-].[Cl-].[Zr+2]. The number of hydrogen-bond acceptors (Lipinski definition) is 0. The molecule has 1 aromatic carbocycles. The van der Waals surface area contributed by atoms with Gasteiger partial charge in [0.15, 0.2) is 0 Å². The molecule has 0 heterocycles. The maximum atomic E-state index is 2.57. The third kappa shape index (κ3) is 5.23. The minimum Gasteiger partial charge on any atom is -1.00 e. The fourth-order valence-corrected chi connectivity index (χ4v) is 7.58. The van der Waals surface area contributed by atoms with Crippen molar-refractivity contribution in [3.8, 4) is 0 Å². The summed E-state index contributed by atoms with van der Waals surface area (Å²) in [5.41, 5.74) is 7.72. The normalized spacial score (nSPS) is 20.6. The fraction of sp³-hybridized carbons (Fsp3) is 0.500. The smallest absolute Gasteiger partial charge is 1.00 e. The summed E-state index contributed by atoms with van der Waals surface area (Å²) in [6, 6.07) is 6.95.